The molecule has 5 unspecified atom stereocenters. The first-order valence-electron chi connectivity index (χ1n) is 25.9. The number of halogens is 2. The van der Waals surface area contributed by atoms with Crippen LogP contribution in [0.15, 0.2) is 102 Å². The van der Waals surface area contributed by atoms with E-state index < -0.39 is 29.4 Å². The van der Waals surface area contributed by atoms with Crippen molar-refractivity contribution in [3.05, 3.63) is 141 Å². The zero-order valence-electron chi connectivity index (χ0n) is 41.3. The lowest BCUT2D eigenvalue weighted by Gasteiger charge is -2.35. The Morgan fingerprint density at radius 3 is 2.55 bits per heavy atom. The number of hydrogen-bond acceptors (Lipinski definition) is 8. The summed E-state index contributed by atoms with van der Waals surface area (Å²) in [6, 6.07) is 21.0. The van der Waals surface area contributed by atoms with Gasteiger partial charge >= 0.3 is 0 Å². The average molecular weight is 961 g/mol. The molecule has 2 saturated heterocycles. The highest BCUT2D eigenvalue weighted by Gasteiger charge is 2.39. The zero-order valence-corrected chi connectivity index (χ0v) is 41.3. The lowest BCUT2D eigenvalue weighted by Crippen LogP contribution is -2.47. The molecule has 0 spiro atoms. The number of imide groups is 1. The number of Topliss-reactive ketones (excluding diaryl/α,β-unsaturated/α-hetero) is 1. The molecule has 10 nitrogen and oxygen atoms in total. The van der Waals surface area contributed by atoms with Crippen molar-refractivity contribution in [1.29, 1.82) is 0 Å². The molecule has 0 bridgehead atoms. The maximum absolute atomic E-state index is 16.7. The molecule has 2 fully saturated rings. The summed E-state index contributed by atoms with van der Waals surface area (Å²) in [6.45, 7) is 7.37. The topological polar surface area (TPSA) is 129 Å². The molecular weight excluding hydrogens is 895 g/mol. The number of ketones is 1. The van der Waals surface area contributed by atoms with E-state index in [0.717, 1.165) is 109 Å². The minimum Gasteiger partial charge on any atom is -0.377 e. The number of aromatic amines is 1. The van der Waals surface area contributed by atoms with Gasteiger partial charge in [0.2, 0.25) is 11.8 Å². The fourth-order valence-electron chi connectivity index (χ4n) is 12.1. The van der Waals surface area contributed by atoms with Crippen LogP contribution in [0, 0.1) is 17.7 Å². The third kappa shape index (κ3) is 10.9. The summed E-state index contributed by atoms with van der Waals surface area (Å²) >= 11 is 0. The Bertz CT molecular complexity index is 2910. The van der Waals surface area contributed by atoms with Crippen LogP contribution in [0.2, 0.25) is 0 Å². The smallest absolute Gasteiger partial charge is 0.249 e. The normalized spacial score (nSPS) is 24.5. The molecule has 3 aliphatic carbocycles. The number of piperidine rings is 2. The number of imidazole rings is 1. The molecular formula is C59H66F2N6O4. The molecule has 370 valence electrons. The lowest BCUT2D eigenvalue weighted by molar-refractivity contribution is -0.133. The number of likely N-dealkylation sites (tertiary alicyclic amines) is 1. The van der Waals surface area contributed by atoms with Crippen LogP contribution in [-0.2, 0) is 27.4 Å². The van der Waals surface area contributed by atoms with Gasteiger partial charge in [-0.2, -0.15) is 0 Å². The number of ether oxygens (including phenoxy) is 1. The molecule has 71 heavy (non-hydrogen) atoms. The van der Waals surface area contributed by atoms with Gasteiger partial charge in [-0.3, -0.25) is 29.6 Å². The van der Waals surface area contributed by atoms with Gasteiger partial charge in [-0.1, -0.05) is 72.7 Å². The molecule has 2 amide bonds. The van der Waals surface area contributed by atoms with Crippen molar-refractivity contribution in [3.63, 3.8) is 0 Å². The Morgan fingerprint density at radius 1 is 0.944 bits per heavy atom. The average Bonchev–Trinajstić information content (AvgIpc) is 3.52. The van der Waals surface area contributed by atoms with Crippen molar-refractivity contribution in [1.82, 2.24) is 25.2 Å². The first kappa shape index (κ1) is 48.5. The minimum absolute atomic E-state index is 0.105. The standard InChI is InChI=1S/C59H66F2N6O4/c1-36-28-53-48(46(22-25-62-53)43-16-19-51-54(31-43)65-55(64-51)35-71-3)30-44(36)34-67-26-23-40(24-27-67)39-12-14-42(15-13-39)57(69)41-8-4-6-37(10-11-41)29-38-7-5-9-49(59(2,61)33-38)47-18-17-45(32-50(47)60)63-52-20-21-56(68)66-58(52)70/h7-8,12-19,22,25,30-32,36-37,40,49,52,63H,4-6,9-11,20-21,23-24,26-29,33-35H2,1-3H3,(H,64,65)(H,66,68,70). The highest BCUT2D eigenvalue weighted by Crippen LogP contribution is 2.46. The van der Waals surface area contributed by atoms with E-state index in [4.69, 9.17) is 9.72 Å². The van der Waals surface area contributed by atoms with Crippen LogP contribution in [0.4, 0.5) is 14.5 Å². The van der Waals surface area contributed by atoms with Crippen molar-refractivity contribution in [2.75, 3.05) is 32.1 Å². The molecule has 3 aromatic carbocycles. The first-order chi connectivity index (χ1) is 34.4. The van der Waals surface area contributed by atoms with Gasteiger partial charge < -0.3 is 15.0 Å². The maximum atomic E-state index is 16.7. The third-order valence-electron chi connectivity index (χ3n) is 16.1. The molecule has 4 heterocycles. The number of H-pyrrole nitrogens is 1. The van der Waals surface area contributed by atoms with Gasteiger partial charge in [0, 0.05) is 61.1 Å². The minimum atomic E-state index is -1.65. The highest BCUT2D eigenvalue weighted by molar-refractivity contribution is 6.08. The maximum Gasteiger partial charge on any atom is 0.249 e. The predicted octanol–water partition coefficient (Wildman–Crippen LogP) is 11.9. The van der Waals surface area contributed by atoms with Crippen LogP contribution < -0.4 is 10.6 Å². The number of nitrogens with one attached hydrogen (secondary N) is 3. The number of carbonyl (C=O) groups excluding carboxylic acids is 3. The van der Waals surface area contributed by atoms with Gasteiger partial charge in [0.25, 0.3) is 0 Å². The summed E-state index contributed by atoms with van der Waals surface area (Å²) in [5.74, 6) is 0.274. The largest absolute Gasteiger partial charge is 0.377 e. The molecule has 3 N–H and O–H groups in total. The molecule has 10 rings (SSSR count). The third-order valence-corrected chi connectivity index (χ3v) is 16.1. The van der Waals surface area contributed by atoms with Crippen LogP contribution >= 0.6 is 0 Å². The quantitative estimate of drug-likeness (QED) is 0.0604. The number of amides is 2. The second-order valence-electron chi connectivity index (χ2n) is 21.1. The number of hydrogen-bond donors (Lipinski definition) is 3. The van der Waals surface area contributed by atoms with E-state index in [2.05, 4.69) is 87.1 Å². The van der Waals surface area contributed by atoms with Crippen molar-refractivity contribution in [2.45, 2.75) is 127 Å². The number of anilines is 1. The molecule has 5 aliphatic rings. The van der Waals surface area contributed by atoms with Gasteiger partial charge in [-0.05, 0) is 167 Å². The summed E-state index contributed by atoms with van der Waals surface area (Å²) in [7, 11) is 1.68. The van der Waals surface area contributed by atoms with E-state index in [0.29, 0.717) is 61.3 Å². The summed E-state index contributed by atoms with van der Waals surface area (Å²) in [5, 5.41) is 5.34. The number of carbonyl (C=O) groups is 3. The molecule has 5 aromatic rings. The van der Waals surface area contributed by atoms with E-state index in [-0.39, 0.29) is 24.5 Å². The fourth-order valence-corrected chi connectivity index (χ4v) is 12.1. The number of methoxy groups -OCH3 is 1. The number of aromatic nitrogens is 3. The van der Waals surface area contributed by atoms with Crippen molar-refractivity contribution in [3.8, 4) is 11.1 Å². The summed E-state index contributed by atoms with van der Waals surface area (Å²) in [5.41, 5.74) is 11.2. The Labute approximate surface area is 415 Å². The Hall–Kier alpha value is -6.11. The Balaban J connectivity index is 0.701. The molecule has 0 radical (unpaired) electrons. The number of alkyl halides is 1. The summed E-state index contributed by atoms with van der Waals surface area (Å²) in [6.07, 6.45) is 17.8. The summed E-state index contributed by atoms with van der Waals surface area (Å²) < 4.78 is 37.6. The number of rotatable bonds is 13. The number of benzene rings is 3. The monoisotopic (exact) mass is 961 g/mol. The van der Waals surface area contributed by atoms with Gasteiger partial charge in [-0.15, -0.1) is 0 Å². The second kappa shape index (κ2) is 20.9. The molecule has 2 aromatic heterocycles. The number of allylic oxidation sites excluding steroid dienone is 4. The Kier molecular flexibility index (Phi) is 14.3. The zero-order chi connectivity index (χ0) is 49.2. The van der Waals surface area contributed by atoms with Crippen LogP contribution in [0.5, 0.6) is 0 Å². The van der Waals surface area contributed by atoms with E-state index in [1.54, 1.807) is 26.2 Å². The van der Waals surface area contributed by atoms with Crippen LogP contribution in [0.25, 0.3) is 28.2 Å². The van der Waals surface area contributed by atoms with Crippen LogP contribution in [-0.4, -0.2) is 75.9 Å². The second-order valence-corrected chi connectivity index (χ2v) is 21.1. The number of fused-ring (bicyclic) bond motifs is 2. The van der Waals surface area contributed by atoms with Crippen LogP contribution in [0.1, 0.15) is 141 Å². The fraction of sp³-hybridized carbons (Fsp3) is 0.441. The number of pyridine rings is 1. The SMILES string of the molecule is COCc1nc2ccc(-c3ccnc4c3C=C(CN3CCC(c5ccc(C(=O)C6=CCCC(CC7=CCCC(c8ccc(NC9CCC(=O)NC9=O)cc8F)C(C)(F)C7)CC6)cc5)CC3)C(C)C4)cc2[nH]1. The lowest BCUT2D eigenvalue weighted by atomic mass is 9.78. The van der Waals surface area contributed by atoms with Gasteiger partial charge in [-0.25, -0.2) is 13.8 Å². The molecule has 0 saturated carbocycles. The predicted molar refractivity (Wildman–Crippen MR) is 275 cm³/mol. The first-order valence-corrected chi connectivity index (χ1v) is 25.9. The van der Waals surface area contributed by atoms with E-state index in [1.807, 2.05) is 18.3 Å². The molecule has 5 atom stereocenters. The van der Waals surface area contributed by atoms with Gasteiger partial charge in [0.05, 0.1) is 11.0 Å². The van der Waals surface area contributed by atoms with Crippen LogP contribution in [0.3, 0.4) is 0 Å². The highest BCUT2D eigenvalue weighted by atomic mass is 19.1. The van der Waals surface area contributed by atoms with Crippen molar-refractivity contribution >= 4 is 40.4 Å². The Morgan fingerprint density at radius 2 is 1.76 bits per heavy atom. The molecule has 2 aliphatic heterocycles. The van der Waals surface area contributed by atoms with Crippen molar-refractivity contribution in [2.24, 2.45) is 11.8 Å². The summed E-state index contributed by atoms with van der Waals surface area (Å²) in [4.78, 5) is 53.2. The molecule has 12 heteroatoms. The van der Waals surface area contributed by atoms with Gasteiger partial charge in [0.1, 0.15) is 30.0 Å². The van der Waals surface area contributed by atoms with Crippen molar-refractivity contribution < 1.29 is 27.9 Å². The van der Waals surface area contributed by atoms with E-state index in [9.17, 15) is 14.4 Å². The number of nitrogens with zero attached hydrogens (tertiary/aromatic N) is 3. The van der Waals surface area contributed by atoms with E-state index >= 15 is 8.78 Å². The van der Waals surface area contributed by atoms with E-state index in [1.165, 1.54) is 28.3 Å². The van der Waals surface area contributed by atoms with Gasteiger partial charge in [0.15, 0.2) is 5.78 Å².